The highest BCUT2D eigenvalue weighted by molar-refractivity contribution is 5.96. The third-order valence-electron chi connectivity index (χ3n) is 10.1. The van der Waals surface area contributed by atoms with Crippen molar-refractivity contribution in [2.75, 3.05) is 6.61 Å². The van der Waals surface area contributed by atoms with E-state index in [0.29, 0.717) is 22.9 Å². The molecule has 2 saturated carbocycles. The molecule has 1 spiro atoms. The number of hydrogen-bond acceptors (Lipinski definition) is 8. The van der Waals surface area contributed by atoms with Gasteiger partial charge in [-0.25, -0.2) is 4.79 Å². The fraction of sp³-hybridized carbons (Fsp3) is 0.690. The molecular formula is C29H37NO7. The van der Waals surface area contributed by atoms with Crippen LogP contribution < -0.4 is 0 Å². The second kappa shape index (κ2) is 7.42. The van der Waals surface area contributed by atoms with Gasteiger partial charge in [-0.1, -0.05) is 38.1 Å². The van der Waals surface area contributed by atoms with Crippen molar-refractivity contribution in [3.8, 4) is 0 Å². The molecule has 1 aliphatic heterocycles. The average Bonchev–Trinajstić information content (AvgIpc) is 3.09. The number of esters is 1. The Morgan fingerprint density at radius 1 is 1.19 bits per heavy atom. The van der Waals surface area contributed by atoms with Gasteiger partial charge in [0.05, 0.1) is 17.7 Å². The molecule has 8 nitrogen and oxygen atoms in total. The molecule has 1 saturated heterocycles. The van der Waals surface area contributed by atoms with Gasteiger partial charge in [0.25, 0.3) is 0 Å². The lowest BCUT2D eigenvalue weighted by Gasteiger charge is -2.52. The molecule has 1 aromatic heterocycles. The number of fused-ring (bicyclic) bond motifs is 5. The number of carbonyl (C=O) groups excluding carboxylic acids is 2. The number of rotatable bonds is 2. The zero-order chi connectivity index (χ0) is 26.9. The van der Waals surface area contributed by atoms with Gasteiger partial charge in [0.15, 0.2) is 23.3 Å². The standard InChI is InChI=1S/C29H37NO7/c1-13-11-28-14(2)9-19-21(26(19,5)6)18(22(28)31)10-17-12-34-27(7,8)36-24(17)29(28,33)23(13)35-25(32)20-15(3)30-37-16(20)4/h10-11,14,18-19,21,23-24,33H,9,12H2,1-8H3/t14-,18+,19-,21+,23+,24-,28+,29-/m1/s1. The SMILES string of the molecule is CC1=C[C@]23C(=O)[C@@H](C=C4COC(C)(C)O[C@H]4[C@]2(O)[C@H]1OC(=O)c1c(C)noc1C)[C@H]1[C@@H](C[C@H]3C)C1(C)C. The van der Waals surface area contributed by atoms with Gasteiger partial charge in [-0.3, -0.25) is 4.79 Å². The molecular weight excluding hydrogens is 474 g/mol. The zero-order valence-corrected chi connectivity index (χ0v) is 22.9. The first-order valence-corrected chi connectivity index (χ1v) is 13.3. The minimum Gasteiger partial charge on any atom is -0.451 e. The summed E-state index contributed by atoms with van der Waals surface area (Å²) < 4.78 is 23.8. The van der Waals surface area contributed by atoms with Crippen molar-refractivity contribution in [3.05, 3.63) is 40.3 Å². The van der Waals surface area contributed by atoms with Gasteiger partial charge in [-0.2, -0.15) is 0 Å². The third-order valence-corrected chi connectivity index (χ3v) is 10.1. The van der Waals surface area contributed by atoms with Crippen LogP contribution in [0.4, 0.5) is 0 Å². The molecule has 6 rings (SSSR count). The smallest absolute Gasteiger partial charge is 0.344 e. The van der Waals surface area contributed by atoms with Crippen LogP contribution in [0.2, 0.25) is 0 Å². The molecule has 0 aromatic carbocycles. The number of ketones is 1. The first kappa shape index (κ1) is 25.0. The zero-order valence-electron chi connectivity index (χ0n) is 22.9. The summed E-state index contributed by atoms with van der Waals surface area (Å²) in [6, 6.07) is 0. The summed E-state index contributed by atoms with van der Waals surface area (Å²) in [5.74, 6) is -1.31. The van der Waals surface area contributed by atoms with Crippen LogP contribution in [0, 0.1) is 48.3 Å². The van der Waals surface area contributed by atoms with Crippen molar-refractivity contribution < 1.29 is 33.4 Å². The van der Waals surface area contributed by atoms with Crippen LogP contribution in [0.25, 0.3) is 0 Å². The van der Waals surface area contributed by atoms with Crippen LogP contribution in [-0.4, -0.2) is 52.2 Å². The van der Waals surface area contributed by atoms with E-state index in [2.05, 4.69) is 25.9 Å². The summed E-state index contributed by atoms with van der Waals surface area (Å²) in [5, 5.41) is 16.9. The lowest BCUT2D eigenvalue weighted by Crippen LogP contribution is -2.68. The number of allylic oxidation sites excluding steroid dienone is 1. The molecule has 3 fully saturated rings. The fourth-order valence-electron chi connectivity index (χ4n) is 8.24. The number of aryl methyl sites for hydroxylation is 2. The van der Waals surface area contributed by atoms with E-state index < -0.39 is 35.0 Å². The Labute approximate surface area is 217 Å². The molecule has 0 unspecified atom stereocenters. The maximum absolute atomic E-state index is 14.7. The number of nitrogens with zero attached hydrogens (tertiary/aromatic N) is 1. The van der Waals surface area contributed by atoms with Crippen LogP contribution in [0.1, 0.15) is 69.8 Å². The largest absolute Gasteiger partial charge is 0.451 e. The molecule has 4 aliphatic carbocycles. The second-order valence-electron chi connectivity index (χ2n) is 13.0. The Hall–Kier alpha value is -2.29. The lowest BCUT2D eigenvalue weighted by atomic mass is 9.59. The topological polar surface area (TPSA) is 108 Å². The van der Waals surface area contributed by atoms with Gasteiger partial charge in [-0.05, 0) is 75.4 Å². The van der Waals surface area contributed by atoms with E-state index >= 15 is 0 Å². The van der Waals surface area contributed by atoms with Gasteiger partial charge in [0, 0.05) is 5.92 Å². The maximum Gasteiger partial charge on any atom is 0.344 e. The first-order valence-electron chi connectivity index (χ1n) is 13.3. The Kier molecular flexibility index (Phi) is 5.02. The molecule has 1 N–H and O–H groups in total. The molecule has 5 aliphatic rings. The van der Waals surface area contributed by atoms with Crippen LogP contribution in [0.5, 0.6) is 0 Å². The quantitative estimate of drug-likeness (QED) is 0.467. The predicted molar refractivity (Wildman–Crippen MR) is 132 cm³/mol. The summed E-state index contributed by atoms with van der Waals surface area (Å²) in [6.07, 6.45) is 2.71. The number of aliphatic hydroxyl groups is 1. The molecule has 1 aromatic rings. The van der Waals surface area contributed by atoms with E-state index in [1.54, 1.807) is 27.7 Å². The molecule has 37 heavy (non-hydrogen) atoms. The van der Waals surface area contributed by atoms with Crippen LogP contribution >= 0.6 is 0 Å². The van der Waals surface area contributed by atoms with E-state index in [0.717, 1.165) is 12.0 Å². The Morgan fingerprint density at radius 3 is 2.54 bits per heavy atom. The van der Waals surface area contributed by atoms with Gasteiger partial charge < -0.3 is 23.8 Å². The highest BCUT2D eigenvalue weighted by atomic mass is 16.7. The Morgan fingerprint density at radius 2 is 1.89 bits per heavy atom. The van der Waals surface area contributed by atoms with Gasteiger partial charge in [-0.15, -0.1) is 0 Å². The van der Waals surface area contributed by atoms with Gasteiger partial charge in [0.1, 0.15) is 17.4 Å². The van der Waals surface area contributed by atoms with E-state index in [9.17, 15) is 14.7 Å². The Bertz CT molecular complexity index is 1250. The lowest BCUT2D eigenvalue weighted by molar-refractivity contribution is -0.302. The number of ether oxygens (including phenoxy) is 3. The molecule has 2 bridgehead atoms. The fourth-order valence-corrected chi connectivity index (χ4v) is 8.24. The summed E-state index contributed by atoms with van der Waals surface area (Å²) in [5.41, 5.74) is -1.06. The number of hydrogen-bond donors (Lipinski definition) is 1. The highest BCUT2D eigenvalue weighted by Crippen LogP contribution is 2.72. The van der Waals surface area contributed by atoms with Crippen molar-refractivity contribution >= 4 is 11.8 Å². The third kappa shape index (κ3) is 3.03. The number of carbonyl (C=O) groups is 2. The van der Waals surface area contributed by atoms with Crippen LogP contribution in [0.3, 0.4) is 0 Å². The summed E-state index contributed by atoms with van der Waals surface area (Å²) in [6.45, 7) is 15.5. The van der Waals surface area contributed by atoms with Crippen LogP contribution in [0.15, 0.2) is 27.8 Å². The number of aromatic nitrogens is 1. The van der Waals surface area contributed by atoms with Crippen molar-refractivity contribution in [2.45, 2.75) is 85.4 Å². The molecule has 0 amide bonds. The monoisotopic (exact) mass is 511 g/mol. The average molecular weight is 512 g/mol. The minimum absolute atomic E-state index is 0.0147. The second-order valence-corrected chi connectivity index (χ2v) is 13.0. The van der Waals surface area contributed by atoms with Crippen molar-refractivity contribution in [1.82, 2.24) is 5.16 Å². The van der Waals surface area contributed by atoms with E-state index in [1.807, 2.05) is 19.1 Å². The molecule has 200 valence electrons. The van der Waals surface area contributed by atoms with Gasteiger partial charge >= 0.3 is 5.97 Å². The van der Waals surface area contributed by atoms with Crippen molar-refractivity contribution in [3.63, 3.8) is 0 Å². The normalized spacial score (nSPS) is 42.9. The number of Topliss-reactive ketones (excluding diaryl/α,β-unsaturated/α-hetero) is 1. The molecule has 0 radical (unpaired) electrons. The highest BCUT2D eigenvalue weighted by Gasteiger charge is 2.77. The first-order chi connectivity index (χ1) is 17.2. The van der Waals surface area contributed by atoms with E-state index in [-0.39, 0.29) is 41.1 Å². The predicted octanol–water partition coefficient (Wildman–Crippen LogP) is 4.08. The molecule has 8 heteroatoms. The maximum atomic E-state index is 14.7. The van der Waals surface area contributed by atoms with Crippen molar-refractivity contribution in [2.24, 2.45) is 34.5 Å². The minimum atomic E-state index is -1.84. The Balaban J connectivity index is 1.53. The summed E-state index contributed by atoms with van der Waals surface area (Å²) in [7, 11) is 0. The summed E-state index contributed by atoms with van der Waals surface area (Å²) >= 11 is 0. The van der Waals surface area contributed by atoms with Gasteiger partial charge in [0.2, 0.25) is 0 Å². The van der Waals surface area contributed by atoms with E-state index in [4.69, 9.17) is 18.7 Å². The van der Waals surface area contributed by atoms with Crippen LogP contribution in [-0.2, 0) is 19.0 Å². The summed E-state index contributed by atoms with van der Waals surface area (Å²) in [4.78, 5) is 28.2. The van der Waals surface area contributed by atoms with Crippen molar-refractivity contribution in [1.29, 1.82) is 0 Å². The van der Waals surface area contributed by atoms with E-state index in [1.165, 1.54) is 0 Å². The molecule has 8 atom stereocenters. The molecule has 2 heterocycles.